The molecule has 2 nitrogen and oxygen atoms in total. The van der Waals surface area contributed by atoms with Crippen molar-refractivity contribution in [2.24, 2.45) is 5.11 Å². The van der Waals surface area contributed by atoms with Crippen LogP contribution in [-0.2, 0) is 0 Å². The quantitative estimate of drug-likeness (QED) is 0.295. The number of halogens is 4. The van der Waals surface area contributed by atoms with Crippen molar-refractivity contribution in [2.45, 2.75) is 0 Å². The van der Waals surface area contributed by atoms with Gasteiger partial charge in [0.1, 0.15) is 11.5 Å². The summed E-state index contributed by atoms with van der Waals surface area (Å²) in [7, 11) is -3.31. The van der Waals surface area contributed by atoms with Gasteiger partial charge in [-0.25, -0.2) is 13.0 Å². The first kappa shape index (κ1) is 9.69. The van der Waals surface area contributed by atoms with E-state index in [-0.39, 0.29) is 5.69 Å². The SMILES string of the molecule is FB(F)[N+](F)=Nc1ccc(F)cc1. The Morgan fingerprint density at radius 3 is 2.15 bits per heavy atom. The van der Waals surface area contributed by atoms with E-state index in [2.05, 4.69) is 5.11 Å². The van der Waals surface area contributed by atoms with Crippen LogP contribution in [0.1, 0.15) is 0 Å². The smallest absolute Gasteiger partial charge is 0.211 e. The molecule has 0 saturated heterocycles. The molecule has 0 spiro atoms. The Balaban J connectivity index is 2.85. The van der Waals surface area contributed by atoms with Crippen LogP contribution >= 0.6 is 0 Å². The lowest BCUT2D eigenvalue weighted by Gasteiger charge is -1.87. The summed E-state index contributed by atoms with van der Waals surface area (Å²) in [5.41, 5.74) is -0.0794. The van der Waals surface area contributed by atoms with Crippen LogP contribution in [0.3, 0.4) is 0 Å². The Morgan fingerprint density at radius 2 is 1.69 bits per heavy atom. The lowest BCUT2D eigenvalue weighted by Crippen LogP contribution is -2.10. The topological polar surface area (TPSA) is 15.4 Å². The van der Waals surface area contributed by atoms with Crippen molar-refractivity contribution >= 4 is 13.1 Å². The minimum absolute atomic E-state index is 0.0794. The van der Waals surface area contributed by atoms with Gasteiger partial charge in [-0.15, -0.1) is 0 Å². The zero-order valence-electron chi connectivity index (χ0n) is 6.29. The van der Waals surface area contributed by atoms with Crippen LogP contribution in [-0.4, -0.2) is 12.2 Å². The molecule has 0 atom stereocenters. The van der Waals surface area contributed by atoms with Crippen LogP contribution < -0.4 is 0 Å². The molecule has 1 rings (SSSR count). The molecule has 0 bridgehead atoms. The van der Waals surface area contributed by atoms with Gasteiger partial charge in [0.25, 0.3) is 0 Å². The summed E-state index contributed by atoms with van der Waals surface area (Å²) in [6.07, 6.45) is 0. The third-order valence-corrected chi connectivity index (χ3v) is 1.20. The number of rotatable bonds is 2. The first-order chi connectivity index (χ1) is 6.09. The van der Waals surface area contributed by atoms with E-state index >= 15 is 0 Å². The number of benzene rings is 1. The molecule has 0 aromatic heterocycles. The monoisotopic (exact) mass is 191 g/mol. The molecular weight excluding hydrogens is 187 g/mol. The van der Waals surface area contributed by atoms with Gasteiger partial charge in [-0.3, -0.25) is 0 Å². The fraction of sp³-hybridized carbons (Fsp3) is 0. The van der Waals surface area contributed by atoms with E-state index in [1.807, 2.05) is 0 Å². The predicted molar refractivity (Wildman–Crippen MR) is 37.8 cm³/mol. The minimum atomic E-state index is -3.31. The first-order valence-corrected chi connectivity index (χ1v) is 3.30. The van der Waals surface area contributed by atoms with E-state index < -0.39 is 18.0 Å². The Hall–Kier alpha value is -1.40. The maximum absolute atomic E-state index is 12.3. The van der Waals surface area contributed by atoms with Gasteiger partial charge in [0.2, 0.25) is 0 Å². The molecule has 0 radical (unpaired) electrons. The fourth-order valence-electron chi connectivity index (χ4n) is 0.662. The average molecular weight is 191 g/mol. The summed E-state index contributed by atoms with van der Waals surface area (Å²) in [6.45, 7) is 0. The first-order valence-electron chi connectivity index (χ1n) is 3.30. The lowest BCUT2D eigenvalue weighted by atomic mass is 10.3. The van der Waals surface area contributed by atoms with E-state index in [4.69, 9.17) is 0 Å². The van der Waals surface area contributed by atoms with Gasteiger partial charge in [-0.05, 0) is 24.3 Å². The maximum Gasteiger partial charge on any atom is 1.00 e. The van der Waals surface area contributed by atoms with Crippen molar-refractivity contribution in [1.82, 2.24) is 0 Å². The van der Waals surface area contributed by atoms with Gasteiger partial charge in [0.05, 0.1) is 9.31 Å². The largest absolute Gasteiger partial charge is 1.00 e. The molecule has 0 unspecified atom stereocenters. The zero-order chi connectivity index (χ0) is 9.84. The molecule has 0 amide bonds. The van der Waals surface area contributed by atoms with E-state index in [0.717, 1.165) is 24.3 Å². The molecule has 1 aromatic carbocycles. The van der Waals surface area contributed by atoms with E-state index in [1.165, 1.54) is 0 Å². The van der Waals surface area contributed by atoms with Crippen LogP contribution in [0.25, 0.3) is 0 Å². The van der Waals surface area contributed by atoms with Crippen molar-refractivity contribution < 1.29 is 22.3 Å². The van der Waals surface area contributed by atoms with Crippen molar-refractivity contribution in [3.8, 4) is 0 Å². The van der Waals surface area contributed by atoms with E-state index in [0.29, 0.717) is 0 Å². The van der Waals surface area contributed by atoms with Gasteiger partial charge in [0, 0.05) is 5.11 Å². The number of hydrogen-bond donors (Lipinski definition) is 0. The van der Waals surface area contributed by atoms with E-state index in [1.54, 1.807) is 0 Å². The molecule has 1 aromatic rings. The summed E-state index contributed by atoms with van der Waals surface area (Å²) < 4.78 is 47.6. The molecule has 0 aliphatic heterocycles. The fourth-order valence-corrected chi connectivity index (χ4v) is 0.662. The highest BCUT2D eigenvalue weighted by atomic mass is 19.3. The molecule has 0 aliphatic rings. The Bertz CT molecular complexity index is 311. The van der Waals surface area contributed by atoms with E-state index in [9.17, 15) is 17.5 Å². The second kappa shape index (κ2) is 4.02. The van der Waals surface area contributed by atoms with Gasteiger partial charge >= 0.3 is 7.40 Å². The highest BCUT2D eigenvalue weighted by Crippen LogP contribution is 2.13. The summed E-state index contributed by atoms with van der Waals surface area (Å²) in [5.74, 6) is -0.540. The van der Waals surface area contributed by atoms with Crippen LogP contribution in [0.2, 0.25) is 0 Å². The molecule has 0 fully saturated rings. The summed E-state index contributed by atoms with van der Waals surface area (Å²) in [6, 6.07) is 4.17. The molecule has 0 aliphatic carbocycles. The molecule has 13 heavy (non-hydrogen) atoms. The second-order valence-corrected chi connectivity index (χ2v) is 2.14. The predicted octanol–water partition coefficient (Wildman–Crippen LogP) is 2.73. The highest BCUT2D eigenvalue weighted by molar-refractivity contribution is 6.31. The summed E-state index contributed by atoms with van der Waals surface area (Å²) in [4.78, 5) is -0.993. The van der Waals surface area contributed by atoms with Crippen LogP contribution in [0, 0.1) is 5.82 Å². The normalized spacial score (nSPS) is 11.5. The summed E-state index contributed by atoms with van der Waals surface area (Å²) in [5, 5.41) is 2.85. The van der Waals surface area contributed by atoms with Crippen molar-refractivity contribution in [3.63, 3.8) is 0 Å². The van der Waals surface area contributed by atoms with Crippen LogP contribution in [0.4, 0.5) is 23.2 Å². The summed E-state index contributed by atoms with van der Waals surface area (Å²) >= 11 is 0. The van der Waals surface area contributed by atoms with Crippen molar-refractivity contribution in [1.29, 1.82) is 0 Å². The van der Waals surface area contributed by atoms with Crippen molar-refractivity contribution in [2.75, 3.05) is 0 Å². The third-order valence-electron chi connectivity index (χ3n) is 1.20. The van der Waals surface area contributed by atoms with Gasteiger partial charge in [-0.1, -0.05) is 0 Å². The zero-order valence-corrected chi connectivity index (χ0v) is 6.29. The molecule has 7 heteroatoms. The highest BCUT2D eigenvalue weighted by Gasteiger charge is 2.40. The maximum atomic E-state index is 12.3. The second-order valence-electron chi connectivity index (χ2n) is 2.14. The van der Waals surface area contributed by atoms with Crippen molar-refractivity contribution in [3.05, 3.63) is 30.1 Å². The molecule has 68 valence electrons. The average Bonchev–Trinajstić information content (AvgIpc) is 2.08. The molecular formula is C6H4BF4N2+. The van der Waals surface area contributed by atoms with Gasteiger partial charge in [0.15, 0.2) is 0 Å². The Morgan fingerprint density at radius 1 is 1.15 bits per heavy atom. The van der Waals surface area contributed by atoms with Crippen LogP contribution in [0.15, 0.2) is 29.4 Å². The Kier molecular flexibility index (Phi) is 3.00. The third kappa shape index (κ3) is 2.85. The number of hydrogen-bond acceptors (Lipinski definition) is 1. The molecule has 0 saturated carbocycles. The number of nitrogens with zero attached hydrogens (tertiary/aromatic N) is 2. The lowest BCUT2D eigenvalue weighted by molar-refractivity contribution is -0.666. The van der Waals surface area contributed by atoms with Gasteiger partial charge in [-0.2, -0.15) is 0 Å². The van der Waals surface area contributed by atoms with Gasteiger partial charge < -0.3 is 0 Å². The minimum Gasteiger partial charge on any atom is -0.211 e. The standard InChI is InChI=1S/C6H4BF4N2/c8-5-1-3-6(4-2-5)12-13(11)7(9)10/h1-4H/q+1. The molecule has 0 heterocycles. The molecule has 0 N–H and O–H groups in total. The Labute approximate surface area is 71.6 Å². The van der Waals surface area contributed by atoms with Crippen LogP contribution in [0.5, 0.6) is 0 Å².